The smallest absolute Gasteiger partial charge is 0.159 e. The lowest BCUT2D eigenvalue weighted by Crippen LogP contribution is -1.94. The first-order chi connectivity index (χ1) is 14.8. The molecule has 0 aliphatic carbocycles. The van der Waals surface area contributed by atoms with E-state index in [0.717, 1.165) is 35.5 Å². The van der Waals surface area contributed by atoms with Crippen molar-refractivity contribution in [3.8, 4) is 22.6 Å². The van der Waals surface area contributed by atoms with Gasteiger partial charge in [-0.1, -0.05) is 82.7 Å². The van der Waals surface area contributed by atoms with Gasteiger partial charge < -0.3 is 0 Å². The van der Waals surface area contributed by atoms with E-state index in [1.165, 1.54) is 62.5 Å². The predicted molar refractivity (Wildman–Crippen MR) is 126 cm³/mol. The normalized spacial score (nSPS) is 11.0. The first-order valence-corrected chi connectivity index (χ1v) is 11.7. The molecule has 0 atom stereocenters. The number of nitrogens with zero attached hydrogens (tertiary/aromatic N) is 3. The lowest BCUT2D eigenvalue weighted by atomic mass is 10.1. The topological polar surface area (TPSA) is 38.7 Å². The lowest BCUT2D eigenvalue weighted by molar-refractivity contribution is 0.631. The number of aryl methyl sites for hydroxylation is 2. The summed E-state index contributed by atoms with van der Waals surface area (Å²) in [6.45, 7) is 4.49. The highest BCUT2D eigenvalue weighted by Crippen LogP contribution is 2.22. The molecular weight excluding hydrogens is 366 g/mol. The summed E-state index contributed by atoms with van der Waals surface area (Å²) >= 11 is 0. The molecule has 2 heterocycles. The van der Waals surface area contributed by atoms with Crippen LogP contribution in [0.3, 0.4) is 0 Å². The molecule has 1 aromatic carbocycles. The molecule has 0 fully saturated rings. The molecule has 0 bridgehead atoms. The number of rotatable bonds is 12. The van der Waals surface area contributed by atoms with Gasteiger partial charge in [-0.2, -0.15) is 0 Å². The summed E-state index contributed by atoms with van der Waals surface area (Å²) in [6.07, 6.45) is 18.4. The van der Waals surface area contributed by atoms with Gasteiger partial charge in [-0.05, 0) is 42.9 Å². The summed E-state index contributed by atoms with van der Waals surface area (Å²) in [4.78, 5) is 13.8. The molecule has 0 saturated heterocycles. The van der Waals surface area contributed by atoms with Crippen LogP contribution in [0.25, 0.3) is 22.6 Å². The standard InChI is InChI=1S/C27H35N3/c1-3-5-7-8-10-12-23-20-29-27(30-21-23)25-16-14-24(15-17-25)26-18-13-22(19-28-26)11-9-6-4-2/h13-21H,3-12H2,1-2H3. The van der Waals surface area contributed by atoms with Crippen molar-refractivity contribution in [1.29, 1.82) is 0 Å². The molecule has 3 nitrogen and oxygen atoms in total. The van der Waals surface area contributed by atoms with Gasteiger partial charge in [0.15, 0.2) is 5.82 Å². The van der Waals surface area contributed by atoms with Crippen LogP contribution >= 0.6 is 0 Å². The molecule has 3 heteroatoms. The van der Waals surface area contributed by atoms with Crippen molar-refractivity contribution in [3.63, 3.8) is 0 Å². The second-order valence-corrected chi connectivity index (χ2v) is 8.17. The first kappa shape index (κ1) is 22.1. The SMILES string of the molecule is CCCCCCCc1cnc(-c2ccc(-c3ccc(CCCCC)cn3)cc2)nc1. The summed E-state index contributed by atoms with van der Waals surface area (Å²) in [7, 11) is 0. The number of unbranched alkanes of at least 4 members (excludes halogenated alkanes) is 6. The molecule has 2 aromatic heterocycles. The summed E-state index contributed by atoms with van der Waals surface area (Å²) in [5.74, 6) is 0.788. The van der Waals surface area contributed by atoms with Crippen molar-refractivity contribution in [2.24, 2.45) is 0 Å². The van der Waals surface area contributed by atoms with Crippen LogP contribution in [-0.4, -0.2) is 15.0 Å². The van der Waals surface area contributed by atoms with Crippen molar-refractivity contribution in [2.75, 3.05) is 0 Å². The van der Waals surface area contributed by atoms with E-state index in [9.17, 15) is 0 Å². The van der Waals surface area contributed by atoms with E-state index < -0.39 is 0 Å². The number of hydrogen-bond donors (Lipinski definition) is 0. The van der Waals surface area contributed by atoms with E-state index in [0.29, 0.717) is 0 Å². The molecule has 0 N–H and O–H groups in total. The molecule has 0 unspecified atom stereocenters. The maximum atomic E-state index is 4.66. The Morgan fingerprint density at radius 3 is 1.77 bits per heavy atom. The van der Waals surface area contributed by atoms with Crippen LogP contribution in [0.1, 0.15) is 76.3 Å². The summed E-state index contributed by atoms with van der Waals surface area (Å²) in [6, 6.07) is 12.7. The fourth-order valence-electron chi connectivity index (χ4n) is 3.68. The fourth-order valence-corrected chi connectivity index (χ4v) is 3.68. The average molecular weight is 402 g/mol. The molecular formula is C27H35N3. The minimum absolute atomic E-state index is 0.788. The molecule has 30 heavy (non-hydrogen) atoms. The van der Waals surface area contributed by atoms with Crippen molar-refractivity contribution in [3.05, 3.63) is 66.1 Å². The number of pyridine rings is 1. The Balaban J connectivity index is 1.56. The van der Waals surface area contributed by atoms with Gasteiger partial charge in [0.05, 0.1) is 5.69 Å². The number of benzene rings is 1. The van der Waals surface area contributed by atoms with Crippen LogP contribution in [0.2, 0.25) is 0 Å². The third-order valence-electron chi connectivity index (χ3n) is 5.61. The monoisotopic (exact) mass is 401 g/mol. The third-order valence-corrected chi connectivity index (χ3v) is 5.61. The summed E-state index contributed by atoms with van der Waals surface area (Å²) in [5, 5.41) is 0. The molecule has 0 aliphatic rings. The zero-order valence-electron chi connectivity index (χ0n) is 18.6. The van der Waals surface area contributed by atoms with Crippen LogP contribution in [0.5, 0.6) is 0 Å². The van der Waals surface area contributed by atoms with E-state index in [2.05, 4.69) is 65.2 Å². The minimum atomic E-state index is 0.788. The number of hydrogen-bond acceptors (Lipinski definition) is 3. The van der Waals surface area contributed by atoms with E-state index in [4.69, 9.17) is 0 Å². The Morgan fingerprint density at radius 1 is 0.533 bits per heavy atom. The van der Waals surface area contributed by atoms with Crippen molar-refractivity contribution in [2.45, 2.75) is 78.1 Å². The summed E-state index contributed by atoms with van der Waals surface area (Å²) in [5.41, 5.74) is 5.74. The van der Waals surface area contributed by atoms with Crippen LogP contribution < -0.4 is 0 Å². The van der Waals surface area contributed by atoms with Gasteiger partial charge in [0.25, 0.3) is 0 Å². The van der Waals surface area contributed by atoms with E-state index >= 15 is 0 Å². The Labute approximate surface area is 182 Å². The highest BCUT2D eigenvalue weighted by atomic mass is 14.9. The van der Waals surface area contributed by atoms with Crippen LogP contribution in [0, 0.1) is 0 Å². The summed E-state index contributed by atoms with van der Waals surface area (Å²) < 4.78 is 0. The maximum absolute atomic E-state index is 4.66. The molecule has 3 rings (SSSR count). The van der Waals surface area contributed by atoms with Crippen LogP contribution in [0.15, 0.2) is 55.0 Å². The second kappa shape index (κ2) is 12.2. The van der Waals surface area contributed by atoms with Crippen molar-refractivity contribution >= 4 is 0 Å². The van der Waals surface area contributed by atoms with Gasteiger partial charge in [0.1, 0.15) is 0 Å². The predicted octanol–water partition coefficient (Wildman–Crippen LogP) is 7.45. The van der Waals surface area contributed by atoms with Gasteiger partial charge >= 0.3 is 0 Å². The van der Waals surface area contributed by atoms with E-state index in [-0.39, 0.29) is 0 Å². The Morgan fingerprint density at radius 2 is 1.10 bits per heavy atom. The zero-order chi connectivity index (χ0) is 21.0. The highest BCUT2D eigenvalue weighted by molar-refractivity contribution is 5.65. The molecule has 0 aliphatic heterocycles. The Kier molecular flexibility index (Phi) is 9.02. The molecule has 0 radical (unpaired) electrons. The van der Waals surface area contributed by atoms with Crippen molar-refractivity contribution in [1.82, 2.24) is 15.0 Å². The maximum Gasteiger partial charge on any atom is 0.159 e. The van der Waals surface area contributed by atoms with E-state index in [1.807, 2.05) is 18.6 Å². The molecule has 158 valence electrons. The second-order valence-electron chi connectivity index (χ2n) is 8.17. The fraction of sp³-hybridized carbons (Fsp3) is 0.444. The highest BCUT2D eigenvalue weighted by Gasteiger charge is 2.05. The first-order valence-electron chi connectivity index (χ1n) is 11.7. The number of aromatic nitrogens is 3. The van der Waals surface area contributed by atoms with Gasteiger partial charge in [-0.15, -0.1) is 0 Å². The van der Waals surface area contributed by atoms with Crippen molar-refractivity contribution < 1.29 is 0 Å². The molecule has 0 spiro atoms. The Bertz CT molecular complexity index is 852. The van der Waals surface area contributed by atoms with Gasteiger partial charge in [-0.3, -0.25) is 4.98 Å². The van der Waals surface area contributed by atoms with Crippen LogP contribution in [0.4, 0.5) is 0 Å². The molecule has 0 amide bonds. The largest absolute Gasteiger partial charge is 0.256 e. The van der Waals surface area contributed by atoms with Crippen LogP contribution in [-0.2, 0) is 12.8 Å². The van der Waals surface area contributed by atoms with E-state index in [1.54, 1.807) is 0 Å². The third kappa shape index (κ3) is 6.76. The Hall–Kier alpha value is -2.55. The zero-order valence-corrected chi connectivity index (χ0v) is 18.6. The lowest BCUT2D eigenvalue weighted by Gasteiger charge is -2.06. The van der Waals surface area contributed by atoms with Gasteiger partial charge in [-0.25, -0.2) is 9.97 Å². The quantitative estimate of drug-likeness (QED) is 0.296. The molecule has 3 aromatic rings. The average Bonchev–Trinajstić information content (AvgIpc) is 2.80. The van der Waals surface area contributed by atoms with Gasteiger partial charge in [0.2, 0.25) is 0 Å². The molecule has 0 saturated carbocycles. The van der Waals surface area contributed by atoms with Gasteiger partial charge in [0, 0.05) is 29.7 Å². The minimum Gasteiger partial charge on any atom is -0.256 e.